The number of anilines is 1. The van der Waals surface area contributed by atoms with Gasteiger partial charge in [0.2, 0.25) is 5.91 Å². The number of hydrogen-bond donors (Lipinski definition) is 1. The lowest BCUT2D eigenvalue weighted by atomic mass is 10.2. The first-order chi connectivity index (χ1) is 10.5. The van der Waals surface area contributed by atoms with E-state index in [-0.39, 0.29) is 16.2 Å². The largest absolute Gasteiger partial charge is 0.324 e. The van der Waals surface area contributed by atoms with E-state index in [1.807, 2.05) is 31.2 Å². The van der Waals surface area contributed by atoms with Crippen LogP contribution < -0.4 is 5.32 Å². The summed E-state index contributed by atoms with van der Waals surface area (Å²) in [6.07, 6.45) is 0. The fourth-order valence-corrected chi connectivity index (χ4v) is 2.89. The average Bonchev–Trinajstić information content (AvgIpc) is 2.49. The molecule has 0 heterocycles. The topological polar surface area (TPSA) is 29.1 Å². The third-order valence-electron chi connectivity index (χ3n) is 2.97. The fraction of sp³-hybridized carbons (Fsp3) is 0.188. The second kappa shape index (κ2) is 7.86. The standard InChI is InChI=1S/C16H14Cl2FNOS/c1-10(22-9-11-2-4-12(17)5-3-11)16(21)20-15-7-6-13(19)8-14(15)18/h2-8,10H,9H2,1H3,(H,20,21)/t10-/m1/s1. The lowest BCUT2D eigenvalue weighted by Gasteiger charge is -2.13. The first-order valence-electron chi connectivity index (χ1n) is 6.57. The summed E-state index contributed by atoms with van der Waals surface area (Å²) in [4.78, 5) is 12.1. The van der Waals surface area contributed by atoms with Gasteiger partial charge in [-0.1, -0.05) is 35.3 Å². The summed E-state index contributed by atoms with van der Waals surface area (Å²) >= 11 is 13.2. The molecule has 2 rings (SSSR count). The number of amides is 1. The number of carbonyl (C=O) groups is 1. The van der Waals surface area contributed by atoms with E-state index in [1.54, 1.807) is 0 Å². The highest BCUT2D eigenvalue weighted by molar-refractivity contribution is 7.99. The van der Waals surface area contributed by atoms with Crippen LogP contribution in [0.3, 0.4) is 0 Å². The van der Waals surface area contributed by atoms with E-state index in [2.05, 4.69) is 5.32 Å². The van der Waals surface area contributed by atoms with Crippen molar-refractivity contribution < 1.29 is 9.18 Å². The Balaban J connectivity index is 1.90. The van der Waals surface area contributed by atoms with Gasteiger partial charge in [-0.2, -0.15) is 0 Å². The number of rotatable bonds is 5. The SMILES string of the molecule is C[C@@H](SCc1ccc(Cl)cc1)C(=O)Nc1ccc(F)cc1Cl. The third-order valence-corrected chi connectivity index (χ3v) is 4.75. The summed E-state index contributed by atoms with van der Waals surface area (Å²) in [5.41, 5.74) is 1.50. The van der Waals surface area contributed by atoms with Gasteiger partial charge in [0.15, 0.2) is 0 Å². The summed E-state index contributed by atoms with van der Waals surface area (Å²) in [5.74, 6) is 0.0868. The number of halogens is 3. The van der Waals surface area contributed by atoms with Gasteiger partial charge >= 0.3 is 0 Å². The van der Waals surface area contributed by atoms with Crippen LogP contribution >= 0.6 is 35.0 Å². The Bertz CT molecular complexity index is 664. The average molecular weight is 358 g/mol. The molecule has 2 aromatic rings. The van der Waals surface area contributed by atoms with Crippen molar-refractivity contribution in [2.75, 3.05) is 5.32 Å². The van der Waals surface area contributed by atoms with Crippen LogP contribution in [0.2, 0.25) is 10.0 Å². The smallest absolute Gasteiger partial charge is 0.237 e. The van der Waals surface area contributed by atoms with Crippen LogP contribution in [0.25, 0.3) is 0 Å². The monoisotopic (exact) mass is 357 g/mol. The van der Waals surface area contributed by atoms with Gasteiger partial charge in [-0.05, 0) is 42.8 Å². The van der Waals surface area contributed by atoms with Crippen LogP contribution in [0, 0.1) is 5.82 Å². The summed E-state index contributed by atoms with van der Waals surface area (Å²) in [6.45, 7) is 1.81. The van der Waals surface area contributed by atoms with Gasteiger partial charge < -0.3 is 5.32 Å². The minimum atomic E-state index is -0.437. The van der Waals surface area contributed by atoms with E-state index in [1.165, 1.54) is 30.0 Å². The molecule has 0 fully saturated rings. The molecular formula is C16H14Cl2FNOS. The van der Waals surface area contributed by atoms with Crippen molar-refractivity contribution in [3.05, 3.63) is 63.9 Å². The van der Waals surface area contributed by atoms with Crippen molar-refractivity contribution in [3.63, 3.8) is 0 Å². The Kier molecular flexibility index (Phi) is 6.12. The number of carbonyl (C=O) groups excluding carboxylic acids is 1. The number of thioether (sulfide) groups is 1. The predicted octanol–water partition coefficient (Wildman–Crippen LogP) is 5.39. The number of nitrogens with one attached hydrogen (secondary N) is 1. The molecule has 0 bridgehead atoms. The van der Waals surface area contributed by atoms with Crippen LogP contribution in [-0.2, 0) is 10.5 Å². The quantitative estimate of drug-likeness (QED) is 0.776. The van der Waals surface area contributed by atoms with Crippen molar-refractivity contribution in [2.24, 2.45) is 0 Å². The molecular weight excluding hydrogens is 344 g/mol. The van der Waals surface area contributed by atoms with E-state index in [9.17, 15) is 9.18 Å². The third kappa shape index (κ3) is 4.90. The molecule has 1 atom stereocenters. The van der Waals surface area contributed by atoms with Gasteiger partial charge in [-0.15, -0.1) is 11.8 Å². The highest BCUT2D eigenvalue weighted by Crippen LogP contribution is 2.25. The summed E-state index contributed by atoms with van der Waals surface area (Å²) < 4.78 is 13.0. The summed E-state index contributed by atoms with van der Waals surface area (Å²) in [7, 11) is 0. The molecule has 0 saturated carbocycles. The Labute approximate surface area is 143 Å². The maximum absolute atomic E-state index is 13.0. The van der Waals surface area contributed by atoms with Gasteiger partial charge in [-0.3, -0.25) is 4.79 Å². The van der Waals surface area contributed by atoms with Crippen LogP contribution in [0.5, 0.6) is 0 Å². The van der Waals surface area contributed by atoms with Crippen molar-refractivity contribution in [2.45, 2.75) is 17.9 Å². The molecule has 2 nitrogen and oxygen atoms in total. The molecule has 116 valence electrons. The minimum absolute atomic E-state index is 0.174. The zero-order chi connectivity index (χ0) is 16.1. The van der Waals surface area contributed by atoms with Gasteiger partial charge in [0, 0.05) is 10.8 Å². The fourth-order valence-electron chi connectivity index (χ4n) is 1.70. The Hall–Kier alpha value is -1.23. The van der Waals surface area contributed by atoms with Gasteiger partial charge in [0.25, 0.3) is 0 Å². The highest BCUT2D eigenvalue weighted by Gasteiger charge is 2.15. The van der Waals surface area contributed by atoms with Gasteiger partial charge in [0.1, 0.15) is 5.82 Å². The molecule has 0 aliphatic carbocycles. The Morgan fingerprint density at radius 1 is 1.23 bits per heavy atom. The van der Waals surface area contributed by atoms with Gasteiger partial charge in [-0.25, -0.2) is 4.39 Å². The molecule has 6 heteroatoms. The molecule has 0 unspecified atom stereocenters. The van der Waals surface area contributed by atoms with Crippen molar-refractivity contribution in [1.82, 2.24) is 0 Å². The van der Waals surface area contributed by atoms with E-state index in [0.717, 1.165) is 5.56 Å². The Morgan fingerprint density at radius 3 is 2.55 bits per heavy atom. The highest BCUT2D eigenvalue weighted by atomic mass is 35.5. The second-order valence-electron chi connectivity index (χ2n) is 4.69. The predicted molar refractivity (Wildman–Crippen MR) is 92.2 cm³/mol. The van der Waals surface area contributed by atoms with Crippen LogP contribution in [0.1, 0.15) is 12.5 Å². The zero-order valence-electron chi connectivity index (χ0n) is 11.8. The maximum Gasteiger partial charge on any atom is 0.237 e. The van der Waals surface area contributed by atoms with Crippen LogP contribution in [0.15, 0.2) is 42.5 Å². The molecule has 0 saturated heterocycles. The molecule has 0 aromatic heterocycles. The molecule has 1 N–H and O–H groups in total. The van der Waals surface area contributed by atoms with Crippen molar-refractivity contribution in [3.8, 4) is 0 Å². The first kappa shape index (κ1) is 17.1. The lowest BCUT2D eigenvalue weighted by molar-refractivity contribution is -0.115. The first-order valence-corrected chi connectivity index (χ1v) is 8.38. The van der Waals surface area contributed by atoms with Crippen LogP contribution in [-0.4, -0.2) is 11.2 Å². The number of benzene rings is 2. The molecule has 1 amide bonds. The summed E-state index contributed by atoms with van der Waals surface area (Å²) in [6, 6.07) is 11.4. The van der Waals surface area contributed by atoms with Crippen molar-refractivity contribution >= 4 is 46.6 Å². The van der Waals surface area contributed by atoms with E-state index >= 15 is 0 Å². The normalized spacial score (nSPS) is 12.0. The molecule has 2 aromatic carbocycles. The second-order valence-corrected chi connectivity index (χ2v) is 6.87. The minimum Gasteiger partial charge on any atom is -0.324 e. The maximum atomic E-state index is 13.0. The molecule has 0 aliphatic rings. The molecule has 0 aliphatic heterocycles. The van der Waals surface area contributed by atoms with Crippen molar-refractivity contribution in [1.29, 1.82) is 0 Å². The zero-order valence-corrected chi connectivity index (χ0v) is 14.1. The molecule has 0 spiro atoms. The van der Waals surface area contributed by atoms with Crippen LogP contribution in [0.4, 0.5) is 10.1 Å². The van der Waals surface area contributed by atoms with E-state index < -0.39 is 5.82 Å². The summed E-state index contributed by atoms with van der Waals surface area (Å²) in [5, 5.41) is 3.31. The Morgan fingerprint density at radius 2 is 1.91 bits per heavy atom. The van der Waals surface area contributed by atoms with Gasteiger partial charge in [0.05, 0.1) is 16.0 Å². The number of hydrogen-bond acceptors (Lipinski definition) is 2. The molecule has 0 radical (unpaired) electrons. The lowest BCUT2D eigenvalue weighted by Crippen LogP contribution is -2.22. The molecule has 22 heavy (non-hydrogen) atoms. The van der Waals surface area contributed by atoms with E-state index in [4.69, 9.17) is 23.2 Å². The van der Waals surface area contributed by atoms with E-state index in [0.29, 0.717) is 16.5 Å².